The van der Waals surface area contributed by atoms with Gasteiger partial charge in [-0.05, 0) is 19.8 Å². The number of amides is 1. The van der Waals surface area contributed by atoms with E-state index >= 15 is 0 Å². The summed E-state index contributed by atoms with van der Waals surface area (Å²) < 4.78 is 4.18. The Bertz CT molecular complexity index is 679. The molecule has 3 rings (SSSR count). The van der Waals surface area contributed by atoms with Gasteiger partial charge in [0.2, 0.25) is 0 Å². The second-order valence-corrected chi connectivity index (χ2v) is 6.76. The van der Waals surface area contributed by atoms with E-state index in [4.69, 9.17) is 0 Å². The average molecular weight is 329 g/mol. The molecule has 1 fully saturated rings. The Labute approximate surface area is 143 Å². The lowest BCUT2D eigenvalue weighted by molar-refractivity contribution is 0.0949. The standard InChI is InChI=1S/C18H27N5O/c1-14-11-20-17(23(14)15-7-5-3-4-6-8-15)9-10-19-18(24)16-12-22(2)13-21-16/h11-13,15H,3-10H2,1-2H3,(H,19,24). The summed E-state index contributed by atoms with van der Waals surface area (Å²) in [6.45, 7) is 2.71. The summed E-state index contributed by atoms with van der Waals surface area (Å²) in [5.41, 5.74) is 1.69. The number of hydrogen-bond acceptors (Lipinski definition) is 3. The van der Waals surface area contributed by atoms with Crippen molar-refractivity contribution in [3.05, 3.63) is 35.9 Å². The first-order valence-corrected chi connectivity index (χ1v) is 8.94. The fourth-order valence-corrected chi connectivity index (χ4v) is 3.60. The second-order valence-electron chi connectivity index (χ2n) is 6.76. The van der Waals surface area contributed by atoms with E-state index in [-0.39, 0.29) is 5.91 Å². The molecular weight excluding hydrogens is 302 g/mol. The van der Waals surface area contributed by atoms with Crippen molar-refractivity contribution in [1.82, 2.24) is 24.4 Å². The zero-order valence-corrected chi connectivity index (χ0v) is 14.7. The molecule has 0 radical (unpaired) electrons. The van der Waals surface area contributed by atoms with Gasteiger partial charge in [-0.15, -0.1) is 0 Å². The zero-order valence-electron chi connectivity index (χ0n) is 14.7. The van der Waals surface area contributed by atoms with E-state index in [0.29, 0.717) is 18.3 Å². The van der Waals surface area contributed by atoms with Crippen molar-refractivity contribution in [2.45, 2.75) is 57.9 Å². The van der Waals surface area contributed by atoms with Gasteiger partial charge < -0.3 is 14.5 Å². The van der Waals surface area contributed by atoms with E-state index in [2.05, 4.69) is 26.8 Å². The van der Waals surface area contributed by atoms with E-state index < -0.39 is 0 Å². The number of carbonyl (C=O) groups excluding carboxylic acids is 1. The Hall–Kier alpha value is -2.11. The molecule has 1 amide bonds. The van der Waals surface area contributed by atoms with E-state index in [1.807, 2.05) is 13.2 Å². The molecule has 0 bridgehead atoms. The van der Waals surface area contributed by atoms with Gasteiger partial charge in [0.25, 0.3) is 5.91 Å². The van der Waals surface area contributed by atoms with Crippen molar-refractivity contribution >= 4 is 5.91 Å². The molecule has 1 saturated carbocycles. The zero-order chi connectivity index (χ0) is 16.9. The maximum Gasteiger partial charge on any atom is 0.271 e. The first-order valence-electron chi connectivity index (χ1n) is 8.94. The maximum atomic E-state index is 12.1. The third-order valence-electron chi connectivity index (χ3n) is 4.82. The van der Waals surface area contributed by atoms with Crippen LogP contribution in [0.5, 0.6) is 0 Å². The number of carbonyl (C=O) groups is 1. The van der Waals surface area contributed by atoms with Gasteiger partial charge in [0, 0.05) is 44.1 Å². The van der Waals surface area contributed by atoms with Crippen LogP contribution in [0.15, 0.2) is 18.7 Å². The highest BCUT2D eigenvalue weighted by Crippen LogP contribution is 2.29. The molecule has 24 heavy (non-hydrogen) atoms. The van der Waals surface area contributed by atoms with E-state index in [1.165, 1.54) is 44.2 Å². The van der Waals surface area contributed by atoms with Crippen LogP contribution in [-0.4, -0.2) is 31.6 Å². The number of nitrogens with zero attached hydrogens (tertiary/aromatic N) is 4. The molecule has 1 aliphatic carbocycles. The molecule has 0 spiro atoms. The molecule has 6 nitrogen and oxygen atoms in total. The van der Waals surface area contributed by atoms with Crippen LogP contribution in [0.25, 0.3) is 0 Å². The largest absolute Gasteiger partial charge is 0.350 e. The Morgan fingerprint density at radius 1 is 1.25 bits per heavy atom. The summed E-state index contributed by atoms with van der Waals surface area (Å²) in [6.07, 6.45) is 13.9. The van der Waals surface area contributed by atoms with Gasteiger partial charge in [-0.25, -0.2) is 9.97 Å². The van der Waals surface area contributed by atoms with Crippen molar-refractivity contribution in [1.29, 1.82) is 0 Å². The predicted molar refractivity (Wildman–Crippen MR) is 92.9 cm³/mol. The minimum atomic E-state index is -0.125. The van der Waals surface area contributed by atoms with E-state index in [0.717, 1.165) is 12.2 Å². The molecule has 0 unspecified atom stereocenters. The minimum absolute atomic E-state index is 0.125. The molecular formula is C18H27N5O. The minimum Gasteiger partial charge on any atom is -0.350 e. The maximum absolute atomic E-state index is 12.1. The Kier molecular flexibility index (Phi) is 5.33. The van der Waals surface area contributed by atoms with Crippen molar-refractivity contribution in [2.24, 2.45) is 7.05 Å². The normalized spacial score (nSPS) is 16.1. The summed E-state index contributed by atoms with van der Waals surface area (Å²) in [6, 6.07) is 0.566. The van der Waals surface area contributed by atoms with Crippen LogP contribution in [-0.2, 0) is 13.5 Å². The van der Waals surface area contributed by atoms with Crippen molar-refractivity contribution in [2.75, 3.05) is 6.54 Å². The lowest BCUT2D eigenvalue weighted by Gasteiger charge is -2.21. The van der Waals surface area contributed by atoms with Crippen LogP contribution in [0.3, 0.4) is 0 Å². The lowest BCUT2D eigenvalue weighted by atomic mass is 10.1. The number of hydrogen-bond donors (Lipinski definition) is 1. The topological polar surface area (TPSA) is 64.7 Å². The fraction of sp³-hybridized carbons (Fsp3) is 0.611. The molecule has 1 N–H and O–H groups in total. The highest BCUT2D eigenvalue weighted by Gasteiger charge is 2.19. The molecule has 0 atom stereocenters. The molecule has 2 aromatic heterocycles. The molecule has 2 heterocycles. The SMILES string of the molecule is Cc1cnc(CCNC(=O)c2cn(C)cn2)n1C1CCCCCC1. The second kappa shape index (κ2) is 7.64. The van der Waals surface area contributed by atoms with Gasteiger partial charge in [-0.1, -0.05) is 25.7 Å². The first-order chi connectivity index (χ1) is 11.6. The van der Waals surface area contributed by atoms with E-state index in [1.54, 1.807) is 17.1 Å². The highest BCUT2D eigenvalue weighted by molar-refractivity contribution is 5.91. The molecule has 0 aromatic carbocycles. The van der Waals surface area contributed by atoms with Gasteiger partial charge in [-0.3, -0.25) is 4.79 Å². The van der Waals surface area contributed by atoms with Gasteiger partial charge in [0.05, 0.1) is 6.33 Å². The summed E-state index contributed by atoms with van der Waals surface area (Å²) in [7, 11) is 1.86. The molecule has 6 heteroatoms. The van der Waals surface area contributed by atoms with E-state index in [9.17, 15) is 4.79 Å². The Balaban J connectivity index is 1.60. The van der Waals surface area contributed by atoms with Crippen LogP contribution < -0.4 is 5.32 Å². The Morgan fingerprint density at radius 3 is 2.67 bits per heavy atom. The number of nitrogens with one attached hydrogen (secondary N) is 1. The van der Waals surface area contributed by atoms with Crippen LogP contribution in [0.4, 0.5) is 0 Å². The first kappa shape index (κ1) is 16.7. The monoisotopic (exact) mass is 329 g/mol. The fourth-order valence-electron chi connectivity index (χ4n) is 3.60. The molecule has 2 aromatic rings. The quantitative estimate of drug-likeness (QED) is 0.858. The van der Waals surface area contributed by atoms with Crippen LogP contribution in [0.2, 0.25) is 0 Å². The van der Waals surface area contributed by atoms with Crippen LogP contribution in [0, 0.1) is 6.92 Å². The van der Waals surface area contributed by atoms with Gasteiger partial charge in [0.1, 0.15) is 11.5 Å². The van der Waals surface area contributed by atoms with Crippen LogP contribution in [0.1, 0.15) is 66.6 Å². The van der Waals surface area contributed by atoms with Gasteiger partial charge >= 0.3 is 0 Å². The predicted octanol–water partition coefficient (Wildman–Crippen LogP) is 2.79. The van der Waals surface area contributed by atoms with Crippen molar-refractivity contribution < 1.29 is 4.79 Å². The van der Waals surface area contributed by atoms with Gasteiger partial charge in [0.15, 0.2) is 0 Å². The summed E-state index contributed by atoms with van der Waals surface area (Å²) >= 11 is 0. The number of aryl methyl sites for hydroxylation is 2. The smallest absolute Gasteiger partial charge is 0.271 e. The highest BCUT2D eigenvalue weighted by atomic mass is 16.1. The van der Waals surface area contributed by atoms with Crippen LogP contribution >= 0.6 is 0 Å². The third-order valence-corrected chi connectivity index (χ3v) is 4.82. The average Bonchev–Trinajstić information content (AvgIpc) is 3.04. The van der Waals surface area contributed by atoms with Crippen molar-refractivity contribution in [3.63, 3.8) is 0 Å². The third kappa shape index (κ3) is 3.86. The molecule has 130 valence electrons. The number of rotatable bonds is 5. The lowest BCUT2D eigenvalue weighted by Crippen LogP contribution is -2.27. The summed E-state index contributed by atoms with van der Waals surface area (Å²) in [5, 5.41) is 2.94. The number of imidazole rings is 2. The van der Waals surface area contributed by atoms with Crippen molar-refractivity contribution in [3.8, 4) is 0 Å². The summed E-state index contributed by atoms with van der Waals surface area (Å²) in [4.78, 5) is 20.7. The summed E-state index contributed by atoms with van der Waals surface area (Å²) in [5.74, 6) is 0.959. The molecule has 0 aliphatic heterocycles. The molecule has 1 aliphatic rings. The Morgan fingerprint density at radius 2 is 2.00 bits per heavy atom. The molecule has 0 saturated heterocycles. The number of aromatic nitrogens is 4. The van der Waals surface area contributed by atoms with Gasteiger partial charge in [-0.2, -0.15) is 0 Å².